The minimum absolute atomic E-state index is 0.0575. The molecule has 0 aliphatic carbocycles. The van der Waals surface area contributed by atoms with Gasteiger partial charge in [-0.25, -0.2) is 8.42 Å². The number of sulfonamides is 1. The van der Waals surface area contributed by atoms with Crippen molar-refractivity contribution in [1.29, 1.82) is 0 Å². The van der Waals surface area contributed by atoms with Gasteiger partial charge in [0.05, 0.1) is 22.2 Å². The Bertz CT molecular complexity index is 1270. The number of methoxy groups -OCH3 is 1. The molecule has 6 nitrogen and oxygen atoms in total. The number of carbonyl (C=O) groups excluding carboxylic acids is 1. The van der Waals surface area contributed by atoms with Gasteiger partial charge in [0.2, 0.25) is 5.91 Å². The van der Waals surface area contributed by atoms with Crippen LogP contribution >= 0.6 is 39.3 Å². The van der Waals surface area contributed by atoms with E-state index in [1.807, 2.05) is 43.3 Å². The Hall–Kier alpha value is -2.20. The van der Waals surface area contributed by atoms with Gasteiger partial charge in [-0.2, -0.15) is 11.8 Å². The first-order chi connectivity index (χ1) is 17.2. The molecular formula is C26H28BrClN2O4S2. The molecule has 3 rings (SSSR count). The number of thioether (sulfide) groups is 1. The second-order valence-electron chi connectivity index (χ2n) is 8.03. The smallest absolute Gasteiger partial charge is 0.264 e. The van der Waals surface area contributed by atoms with Gasteiger partial charge in [-0.15, -0.1) is 0 Å². The number of nitrogens with one attached hydrogen (secondary N) is 1. The molecule has 36 heavy (non-hydrogen) atoms. The van der Waals surface area contributed by atoms with Crippen molar-refractivity contribution in [2.75, 3.05) is 30.3 Å². The minimum Gasteiger partial charge on any atom is -0.496 e. The van der Waals surface area contributed by atoms with E-state index in [0.29, 0.717) is 27.5 Å². The molecule has 192 valence electrons. The van der Waals surface area contributed by atoms with Gasteiger partial charge in [-0.1, -0.05) is 41.4 Å². The summed E-state index contributed by atoms with van der Waals surface area (Å²) >= 11 is 11.0. The monoisotopic (exact) mass is 610 g/mol. The Morgan fingerprint density at radius 2 is 1.78 bits per heavy atom. The lowest BCUT2D eigenvalue weighted by Gasteiger charge is -2.24. The standard InChI is InChI=1S/C26H28BrClN2O4S2/c1-19-4-10-22(11-5-19)30(36(32,33)23-12-13-25(34-2)24(27)16-23)17-26(31)29-14-3-15-35-18-20-6-8-21(28)9-7-20/h4-13,16H,3,14-15,17-18H2,1-2H3,(H,29,31). The molecule has 1 amide bonds. The first kappa shape index (κ1) is 28.4. The lowest BCUT2D eigenvalue weighted by molar-refractivity contribution is -0.119. The molecule has 0 unspecified atom stereocenters. The quantitative estimate of drug-likeness (QED) is 0.252. The number of anilines is 1. The van der Waals surface area contributed by atoms with Crippen LogP contribution in [0.4, 0.5) is 5.69 Å². The average molecular weight is 612 g/mol. The van der Waals surface area contributed by atoms with Crippen LogP contribution < -0.4 is 14.4 Å². The predicted octanol–water partition coefficient (Wildman–Crippen LogP) is 6.05. The van der Waals surface area contributed by atoms with Gasteiger partial charge in [0, 0.05) is 17.3 Å². The first-order valence-electron chi connectivity index (χ1n) is 11.2. The number of nitrogens with zero attached hydrogens (tertiary/aromatic N) is 1. The van der Waals surface area contributed by atoms with Gasteiger partial charge in [0.1, 0.15) is 12.3 Å². The number of hydrogen-bond donors (Lipinski definition) is 1. The van der Waals surface area contributed by atoms with E-state index in [1.54, 1.807) is 30.0 Å². The Balaban J connectivity index is 1.62. The summed E-state index contributed by atoms with van der Waals surface area (Å²) in [6, 6.07) is 19.3. The maximum atomic E-state index is 13.5. The fourth-order valence-corrected chi connectivity index (χ4v) is 6.51. The molecular weight excluding hydrogens is 584 g/mol. The zero-order valence-corrected chi connectivity index (χ0v) is 24.0. The molecule has 0 fully saturated rings. The van der Waals surface area contributed by atoms with Crippen molar-refractivity contribution in [2.24, 2.45) is 0 Å². The molecule has 0 aliphatic heterocycles. The van der Waals surface area contributed by atoms with Crippen molar-refractivity contribution >= 4 is 60.9 Å². The summed E-state index contributed by atoms with van der Waals surface area (Å²) in [6.07, 6.45) is 0.771. The van der Waals surface area contributed by atoms with Crippen LogP contribution in [0.15, 0.2) is 76.1 Å². The largest absolute Gasteiger partial charge is 0.496 e. The van der Waals surface area contributed by atoms with E-state index < -0.39 is 10.0 Å². The lowest BCUT2D eigenvalue weighted by Crippen LogP contribution is -2.41. The molecule has 0 aromatic heterocycles. The van der Waals surface area contributed by atoms with Crippen LogP contribution in [0.3, 0.4) is 0 Å². The highest BCUT2D eigenvalue weighted by molar-refractivity contribution is 9.10. The van der Waals surface area contributed by atoms with Crippen molar-refractivity contribution < 1.29 is 17.9 Å². The normalized spacial score (nSPS) is 11.2. The first-order valence-corrected chi connectivity index (χ1v) is 15.0. The lowest BCUT2D eigenvalue weighted by atomic mass is 10.2. The number of aryl methyl sites for hydroxylation is 1. The third-order valence-corrected chi connectivity index (χ3v) is 9.05. The molecule has 3 aromatic rings. The second-order valence-corrected chi connectivity index (χ2v) is 12.3. The van der Waals surface area contributed by atoms with E-state index in [1.165, 1.54) is 24.8 Å². The van der Waals surface area contributed by atoms with Gasteiger partial charge < -0.3 is 10.1 Å². The SMILES string of the molecule is COc1ccc(S(=O)(=O)N(CC(=O)NCCCSCc2ccc(Cl)cc2)c2ccc(C)cc2)cc1Br. The van der Waals surface area contributed by atoms with Crippen molar-refractivity contribution in [2.45, 2.75) is 24.0 Å². The molecule has 0 aliphatic rings. The zero-order chi connectivity index (χ0) is 26.1. The van der Waals surface area contributed by atoms with E-state index >= 15 is 0 Å². The maximum absolute atomic E-state index is 13.5. The predicted molar refractivity (Wildman–Crippen MR) is 152 cm³/mol. The molecule has 3 aromatic carbocycles. The molecule has 0 saturated carbocycles. The fourth-order valence-electron chi connectivity index (χ4n) is 3.32. The summed E-state index contributed by atoms with van der Waals surface area (Å²) in [5.74, 6) is 1.88. The summed E-state index contributed by atoms with van der Waals surface area (Å²) in [5.41, 5.74) is 2.60. The number of hydrogen-bond acceptors (Lipinski definition) is 5. The van der Waals surface area contributed by atoms with Crippen LogP contribution in [0.5, 0.6) is 5.75 Å². The topological polar surface area (TPSA) is 75.7 Å². The van der Waals surface area contributed by atoms with Crippen LogP contribution in [-0.4, -0.2) is 40.3 Å². The van der Waals surface area contributed by atoms with E-state index in [2.05, 4.69) is 21.2 Å². The summed E-state index contributed by atoms with van der Waals surface area (Å²) in [6.45, 7) is 2.05. The molecule has 0 atom stereocenters. The average Bonchev–Trinajstić information content (AvgIpc) is 2.86. The molecule has 1 N–H and O–H groups in total. The zero-order valence-electron chi connectivity index (χ0n) is 20.0. The third-order valence-electron chi connectivity index (χ3n) is 5.29. The van der Waals surface area contributed by atoms with Gasteiger partial charge >= 0.3 is 0 Å². The maximum Gasteiger partial charge on any atom is 0.264 e. The van der Waals surface area contributed by atoms with Crippen molar-refractivity contribution in [3.8, 4) is 5.75 Å². The Morgan fingerprint density at radius 1 is 1.08 bits per heavy atom. The molecule has 10 heteroatoms. The second kappa shape index (κ2) is 13.4. The van der Waals surface area contributed by atoms with Gasteiger partial charge in [-0.05, 0) is 83.1 Å². The van der Waals surface area contributed by atoms with E-state index in [0.717, 1.165) is 27.8 Å². The third kappa shape index (κ3) is 7.90. The number of halogens is 2. The highest BCUT2D eigenvalue weighted by Crippen LogP contribution is 2.30. The van der Waals surface area contributed by atoms with Crippen LogP contribution in [-0.2, 0) is 20.6 Å². The number of benzene rings is 3. The number of rotatable bonds is 12. The highest BCUT2D eigenvalue weighted by Gasteiger charge is 2.28. The Morgan fingerprint density at radius 3 is 2.42 bits per heavy atom. The van der Waals surface area contributed by atoms with Crippen LogP contribution in [0.1, 0.15) is 17.5 Å². The molecule has 0 heterocycles. The van der Waals surface area contributed by atoms with Crippen LogP contribution in [0.25, 0.3) is 0 Å². The van der Waals surface area contributed by atoms with Gasteiger partial charge in [-0.3, -0.25) is 9.10 Å². The number of amides is 1. The molecule has 0 radical (unpaired) electrons. The van der Waals surface area contributed by atoms with E-state index in [4.69, 9.17) is 16.3 Å². The number of carbonyl (C=O) groups is 1. The van der Waals surface area contributed by atoms with Gasteiger partial charge in [0.25, 0.3) is 10.0 Å². The highest BCUT2D eigenvalue weighted by atomic mass is 79.9. The van der Waals surface area contributed by atoms with E-state index in [-0.39, 0.29) is 17.3 Å². The van der Waals surface area contributed by atoms with Crippen LogP contribution in [0.2, 0.25) is 5.02 Å². The van der Waals surface area contributed by atoms with Crippen molar-refractivity contribution in [1.82, 2.24) is 5.32 Å². The molecule has 0 spiro atoms. The van der Waals surface area contributed by atoms with Crippen molar-refractivity contribution in [3.63, 3.8) is 0 Å². The Kier molecular flexibility index (Phi) is 10.5. The Labute approximate surface area is 230 Å². The summed E-state index contributed by atoms with van der Waals surface area (Å²) in [7, 11) is -2.50. The minimum atomic E-state index is -4.01. The molecule has 0 bridgehead atoms. The summed E-state index contributed by atoms with van der Waals surface area (Å²) in [4.78, 5) is 12.8. The summed E-state index contributed by atoms with van der Waals surface area (Å²) < 4.78 is 33.9. The van der Waals surface area contributed by atoms with E-state index in [9.17, 15) is 13.2 Å². The summed E-state index contributed by atoms with van der Waals surface area (Å²) in [5, 5.41) is 3.56. The van der Waals surface area contributed by atoms with Crippen LogP contribution in [0, 0.1) is 6.92 Å². The molecule has 0 saturated heterocycles. The number of ether oxygens (including phenoxy) is 1. The fraction of sp³-hybridized carbons (Fsp3) is 0.269. The van der Waals surface area contributed by atoms with Crippen molar-refractivity contribution in [3.05, 3.63) is 87.4 Å². The van der Waals surface area contributed by atoms with Gasteiger partial charge in [0.15, 0.2) is 0 Å².